The van der Waals surface area contributed by atoms with E-state index in [0.29, 0.717) is 34.8 Å². The lowest BCUT2D eigenvalue weighted by Gasteiger charge is -2.16. The number of halogens is 1. The minimum atomic E-state index is -3.77. The number of anilines is 2. The van der Waals surface area contributed by atoms with Crippen LogP contribution >= 0.6 is 15.9 Å². The molecule has 0 atom stereocenters. The van der Waals surface area contributed by atoms with Gasteiger partial charge in [-0.3, -0.25) is 9.52 Å². The highest BCUT2D eigenvalue weighted by Crippen LogP contribution is 2.27. The molecule has 1 aliphatic heterocycles. The SMILES string of the molecule is COc1ccc(NS(=O)(=O)c2ccc(N3CCCC3=O)cc2)c(Br)n1. The van der Waals surface area contributed by atoms with E-state index in [2.05, 4.69) is 25.6 Å². The van der Waals surface area contributed by atoms with Crippen molar-refractivity contribution in [1.82, 2.24) is 4.98 Å². The van der Waals surface area contributed by atoms with E-state index < -0.39 is 10.0 Å². The Balaban J connectivity index is 1.81. The van der Waals surface area contributed by atoms with Crippen LogP contribution in [0.2, 0.25) is 0 Å². The fraction of sp³-hybridized carbons (Fsp3) is 0.250. The van der Waals surface area contributed by atoms with Crippen LogP contribution in [0.4, 0.5) is 11.4 Å². The van der Waals surface area contributed by atoms with Crippen LogP contribution in [-0.4, -0.2) is 33.0 Å². The third kappa shape index (κ3) is 3.77. The highest BCUT2D eigenvalue weighted by atomic mass is 79.9. The van der Waals surface area contributed by atoms with E-state index in [1.54, 1.807) is 29.2 Å². The van der Waals surface area contributed by atoms with E-state index in [9.17, 15) is 13.2 Å². The Morgan fingerprint density at radius 1 is 1.20 bits per heavy atom. The molecule has 3 rings (SSSR count). The predicted molar refractivity (Wildman–Crippen MR) is 97.3 cm³/mol. The number of methoxy groups -OCH3 is 1. The monoisotopic (exact) mass is 425 g/mol. The number of carbonyl (C=O) groups excluding carboxylic acids is 1. The molecule has 1 amide bonds. The van der Waals surface area contributed by atoms with Gasteiger partial charge in [-0.05, 0) is 52.7 Å². The fourth-order valence-corrected chi connectivity index (χ4v) is 4.14. The van der Waals surface area contributed by atoms with Crippen LogP contribution in [0.15, 0.2) is 45.9 Å². The van der Waals surface area contributed by atoms with Crippen LogP contribution in [0.1, 0.15) is 12.8 Å². The Kier molecular flexibility index (Phi) is 4.96. The van der Waals surface area contributed by atoms with E-state index in [1.165, 1.54) is 19.2 Å². The summed E-state index contributed by atoms with van der Waals surface area (Å²) in [5.41, 5.74) is 1.01. The van der Waals surface area contributed by atoms with E-state index in [1.807, 2.05) is 0 Å². The maximum atomic E-state index is 12.5. The number of carbonyl (C=O) groups is 1. The molecule has 1 aromatic heterocycles. The number of hydrogen-bond donors (Lipinski definition) is 1. The maximum absolute atomic E-state index is 12.5. The summed E-state index contributed by atoms with van der Waals surface area (Å²) in [5, 5.41) is 0. The molecular weight excluding hydrogens is 410 g/mol. The minimum Gasteiger partial charge on any atom is -0.481 e. The lowest BCUT2D eigenvalue weighted by molar-refractivity contribution is -0.117. The van der Waals surface area contributed by atoms with Gasteiger partial charge >= 0.3 is 0 Å². The number of sulfonamides is 1. The zero-order chi connectivity index (χ0) is 18.0. The van der Waals surface area contributed by atoms with Crippen LogP contribution in [-0.2, 0) is 14.8 Å². The largest absolute Gasteiger partial charge is 0.481 e. The van der Waals surface area contributed by atoms with Crippen LogP contribution in [0.3, 0.4) is 0 Å². The Hall–Kier alpha value is -2.13. The molecule has 7 nitrogen and oxygen atoms in total. The van der Waals surface area contributed by atoms with E-state index in [0.717, 1.165) is 6.42 Å². The second-order valence-corrected chi connectivity index (χ2v) is 7.87. The number of pyridine rings is 1. The van der Waals surface area contributed by atoms with Crippen LogP contribution in [0.5, 0.6) is 5.88 Å². The molecule has 0 saturated carbocycles. The number of rotatable bonds is 5. The van der Waals surface area contributed by atoms with Crippen LogP contribution in [0.25, 0.3) is 0 Å². The topological polar surface area (TPSA) is 88.6 Å². The summed E-state index contributed by atoms with van der Waals surface area (Å²) in [6.07, 6.45) is 1.35. The lowest BCUT2D eigenvalue weighted by Crippen LogP contribution is -2.23. The van der Waals surface area contributed by atoms with Gasteiger partial charge in [-0.2, -0.15) is 0 Å². The third-order valence-corrected chi connectivity index (χ3v) is 5.79. The third-order valence-electron chi connectivity index (χ3n) is 3.81. The zero-order valence-electron chi connectivity index (χ0n) is 13.4. The van der Waals surface area contributed by atoms with Gasteiger partial charge in [-0.25, -0.2) is 13.4 Å². The molecule has 9 heteroatoms. The van der Waals surface area contributed by atoms with Gasteiger partial charge in [0.1, 0.15) is 4.60 Å². The number of amides is 1. The highest BCUT2D eigenvalue weighted by molar-refractivity contribution is 9.10. The van der Waals surface area contributed by atoms with Crippen LogP contribution in [0, 0.1) is 0 Å². The summed E-state index contributed by atoms with van der Waals surface area (Å²) < 4.78 is 32.9. The first-order valence-electron chi connectivity index (χ1n) is 7.54. The molecule has 2 heterocycles. The summed E-state index contributed by atoms with van der Waals surface area (Å²) in [6.45, 7) is 0.660. The summed E-state index contributed by atoms with van der Waals surface area (Å²) in [7, 11) is -2.30. The van der Waals surface area contributed by atoms with E-state index in [-0.39, 0.29) is 10.8 Å². The number of hydrogen-bond acceptors (Lipinski definition) is 5. The van der Waals surface area contributed by atoms with Crippen molar-refractivity contribution in [3.05, 3.63) is 41.0 Å². The molecule has 2 aromatic rings. The standard InChI is InChI=1S/C16H16BrN3O4S/c1-24-14-9-8-13(16(17)18-14)19-25(22,23)12-6-4-11(5-7-12)20-10-2-3-15(20)21/h4-9,19H,2-3,10H2,1H3. The van der Waals surface area contributed by atoms with Crippen molar-refractivity contribution in [1.29, 1.82) is 0 Å². The van der Waals surface area contributed by atoms with Crippen molar-refractivity contribution in [2.45, 2.75) is 17.7 Å². The van der Waals surface area contributed by atoms with Crippen molar-refractivity contribution >= 4 is 43.2 Å². The average Bonchev–Trinajstić information content (AvgIpc) is 3.02. The molecule has 1 aliphatic rings. The van der Waals surface area contributed by atoms with E-state index >= 15 is 0 Å². The first-order valence-corrected chi connectivity index (χ1v) is 9.82. The van der Waals surface area contributed by atoms with Crippen molar-refractivity contribution in [3.8, 4) is 5.88 Å². The summed E-state index contributed by atoms with van der Waals surface area (Å²) in [4.78, 5) is 17.6. The number of nitrogens with zero attached hydrogens (tertiary/aromatic N) is 2. The first kappa shape index (κ1) is 17.7. The average molecular weight is 426 g/mol. The first-order chi connectivity index (χ1) is 11.9. The van der Waals surface area contributed by atoms with Gasteiger partial charge in [-0.1, -0.05) is 0 Å². The van der Waals surface area contributed by atoms with E-state index in [4.69, 9.17) is 4.74 Å². The number of benzene rings is 1. The molecule has 132 valence electrons. The fourth-order valence-electron chi connectivity index (χ4n) is 2.54. The molecule has 25 heavy (non-hydrogen) atoms. The number of ether oxygens (including phenoxy) is 1. The number of aromatic nitrogens is 1. The minimum absolute atomic E-state index is 0.0574. The van der Waals surface area contributed by atoms with Crippen molar-refractivity contribution in [3.63, 3.8) is 0 Å². The molecule has 1 saturated heterocycles. The molecule has 0 aliphatic carbocycles. The molecular formula is C16H16BrN3O4S. The van der Waals surface area contributed by atoms with Gasteiger partial charge < -0.3 is 9.64 Å². The summed E-state index contributed by atoms with van der Waals surface area (Å²) in [6, 6.07) is 9.36. The molecule has 1 fully saturated rings. The Morgan fingerprint density at radius 3 is 2.48 bits per heavy atom. The maximum Gasteiger partial charge on any atom is 0.261 e. The smallest absolute Gasteiger partial charge is 0.261 e. The molecule has 1 aromatic carbocycles. The predicted octanol–water partition coefficient (Wildman–Crippen LogP) is 2.78. The van der Waals surface area contributed by atoms with Gasteiger partial charge in [0.05, 0.1) is 17.7 Å². The highest BCUT2D eigenvalue weighted by Gasteiger charge is 2.22. The summed E-state index contributed by atoms with van der Waals surface area (Å²) >= 11 is 3.21. The van der Waals surface area contributed by atoms with Gasteiger partial charge in [0.2, 0.25) is 11.8 Å². The van der Waals surface area contributed by atoms with Gasteiger partial charge in [0.25, 0.3) is 10.0 Å². The molecule has 0 spiro atoms. The Labute approximate surface area is 154 Å². The van der Waals surface area contributed by atoms with Gasteiger partial charge in [0, 0.05) is 24.7 Å². The van der Waals surface area contributed by atoms with Gasteiger partial charge in [0.15, 0.2) is 0 Å². The van der Waals surface area contributed by atoms with Gasteiger partial charge in [-0.15, -0.1) is 0 Å². The van der Waals surface area contributed by atoms with Crippen molar-refractivity contribution in [2.75, 3.05) is 23.3 Å². The molecule has 0 unspecified atom stereocenters. The molecule has 0 radical (unpaired) electrons. The quantitative estimate of drug-likeness (QED) is 0.743. The Morgan fingerprint density at radius 2 is 1.92 bits per heavy atom. The molecule has 0 bridgehead atoms. The van der Waals surface area contributed by atoms with Crippen molar-refractivity contribution < 1.29 is 17.9 Å². The second kappa shape index (κ2) is 7.01. The van der Waals surface area contributed by atoms with Crippen molar-refractivity contribution in [2.24, 2.45) is 0 Å². The zero-order valence-corrected chi connectivity index (χ0v) is 15.8. The second-order valence-electron chi connectivity index (χ2n) is 5.44. The van der Waals surface area contributed by atoms with Crippen LogP contribution < -0.4 is 14.4 Å². The normalized spacial score (nSPS) is 14.6. The lowest BCUT2D eigenvalue weighted by atomic mass is 10.3. The molecule has 1 N–H and O–H groups in total. The summed E-state index contributed by atoms with van der Waals surface area (Å²) in [5.74, 6) is 0.427. The number of nitrogens with one attached hydrogen (secondary N) is 1. The Bertz CT molecular complexity index is 900.